The van der Waals surface area contributed by atoms with Crippen LogP contribution in [0.15, 0.2) is 0 Å². The third-order valence-corrected chi connectivity index (χ3v) is 1.96. The van der Waals surface area contributed by atoms with E-state index in [1.165, 1.54) is 0 Å². The molecule has 1 unspecified atom stereocenters. The first kappa shape index (κ1) is 11.4. The first-order valence-corrected chi connectivity index (χ1v) is 4.57. The molecule has 0 heterocycles. The van der Waals surface area contributed by atoms with Gasteiger partial charge in [-0.15, -0.1) is 0 Å². The Bertz CT molecular complexity index is 156. The van der Waals surface area contributed by atoms with Crippen molar-refractivity contribution in [1.82, 2.24) is 0 Å². The molecule has 0 aromatic heterocycles. The maximum atomic E-state index is 9.60. The molecule has 0 aliphatic carbocycles. The van der Waals surface area contributed by atoms with Crippen LogP contribution >= 0.6 is 0 Å². The zero-order valence-electron chi connectivity index (χ0n) is 8.30. The summed E-state index contributed by atoms with van der Waals surface area (Å²) in [6.07, 6.45) is 3.11. The zero-order chi connectivity index (χ0) is 9.61. The average Bonchev–Trinajstić information content (AvgIpc) is 1.85. The second kappa shape index (κ2) is 5.16. The highest BCUT2D eigenvalue weighted by Crippen LogP contribution is 2.18. The second-order valence-electron chi connectivity index (χ2n) is 4.12. The van der Waals surface area contributed by atoms with Crippen molar-refractivity contribution in [3.8, 4) is 6.07 Å². The van der Waals surface area contributed by atoms with Crippen LogP contribution in [0.4, 0.5) is 0 Å². The minimum atomic E-state index is -0.774. The molecule has 0 aliphatic rings. The number of hydrogen-bond acceptors (Lipinski definition) is 2. The van der Waals surface area contributed by atoms with Crippen LogP contribution in [0.1, 0.15) is 46.5 Å². The van der Waals surface area contributed by atoms with Crippen molar-refractivity contribution < 1.29 is 5.11 Å². The Morgan fingerprint density at radius 3 is 2.50 bits per heavy atom. The number of aliphatic hydroxyl groups is 1. The first-order valence-electron chi connectivity index (χ1n) is 4.57. The summed E-state index contributed by atoms with van der Waals surface area (Å²) in [5, 5.41) is 18.0. The van der Waals surface area contributed by atoms with Crippen LogP contribution in [0, 0.1) is 17.2 Å². The third-order valence-electron chi connectivity index (χ3n) is 1.96. The predicted molar refractivity (Wildman–Crippen MR) is 49.5 cm³/mol. The Balaban J connectivity index is 3.55. The van der Waals surface area contributed by atoms with Gasteiger partial charge in [0.15, 0.2) is 0 Å². The molecule has 0 fully saturated rings. The topological polar surface area (TPSA) is 44.0 Å². The van der Waals surface area contributed by atoms with Crippen molar-refractivity contribution in [3.63, 3.8) is 0 Å². The normalized spacial score (nSPS) is 15.7. The Morgan fingerprint density at radius 1 is 1.50 bits per heavy atom. The van der Waals surface area contributed by atoms with Crippen LogP contribution in [-0.2, 0) is 0 Å². The highest BCUT2D eigenvalue weighted by atomic mass is 16.3. The Hall–Kier alpha value is -0.550. The summed E-state index contributed by atoms with van der Waals surface area (Å²) in [6.45, 7) is 6.06. The van der Waals surface area contributed by atoms with E-state index in [1.807, 2.05) is 6.07 Å². The Labute approximate surface area is 75.2 Å². The summed E-state index contributed by atoms with van der Waals surface area (Å²) >= 11 is 0. The molecule has 0 amide bonds. The van der Waals surface area contributed by atoms with Gasteiger partial charge in [-0.1, -0.05) is 26.7 Å². The second-order valence-corrected chi connectivity index (χ2v) is 4.12. The summed E-state index contributed by atoms with van der Waals surface area (Å²) < 4.78 is 0. The van der Waals surface area contributed by atoms with E-state index in [-0.39, 0.29) is 6.42 Å². The fourth-order valence-electron chi connectivity index (χ4n) is 1.15. The van der Waals surface area contributed by atoms with E-state index in [0.29, 0.717) is 5.92 Å². The fraction of sp³-hybridized carbons (Fsp3) is 0.900. The monoisotopic (exact) mass is 169 g/mol. The molecular formula is C10H19NO. The van der Waals surface area contributed by atoms with Crippen LogP contribution in [0.3, 0.4) is 0 Å². The molecule has 0 rings (SSSR count). The van der Waals surface area contributed by atoms with Crippen LogP contribution < -0.4 is 0 Å². The molecule has 2 heteroatoms. The van der Waals surface area contributed by atoms with Gasteiger partial charge in [-0.25, -0.2) is 0 Å². The zero-order valence-corrected chi connectivity index (χ0v) is 8.30. The van der Waals surface area contributed by atoms with Crippen molar-refractivity contribution >= 4 is 0 Å². The van der Waals surface area contributed by atoms with Crippen molar-refractivity contribution in [2.75, 3.05) is 0 Å². The highest BCUT2D eigenvalue weighted by Gasteiger charge is 2.18. The molecular weight excluding hydrogens is 150 g/mol. The fourth-order valence-corrected chi connectivity index (χ4v) is 1.15. The van der Waals surface area contributed by atoms with E-state index in [2.05, 4.69) is 13.8 Å². The number of nitrogens with zero attached hydrogens (tertiary/aromatic N) is 1. The summed E-state index contributed by atoms with van der Waals surface area (Å²) in [5.74, 6) is 0.683. The molecule has 0 bridgehead atoms. The van der Waals surface area contributed by atoms with Gasteiger partial charge < -0.3 is 5.11 Å². The van der Waals surface area contributed by atoms with Crippen LogP contribution in [0.5, 0.6) is 0 Å². The number of hydrogen-bond donors (Lipinski definition) is 1. The van der Waals surface area contributed by atoms with Gasteiger partial charge >= 0.3 is 0 Å². The molecule has 70 valence electrons. The van der Waals surface area contributed by atoms with Crippen molar-refractivity contribution in [2.24, 2.45) is 5.92 Å². The van der Waals surface area contributed by atoms with Gasteiger partial charge in [0.05, 0.1) is 18.1 Å². The van der Waals surface area contributed by atoms with Crippen LogP contribution in [0.2, 0.25) is 0 Å². The molecule has 1 N–H and O–H groups in total. The molecule has 12 heavy (non-hydrogen) atoms. The van der Waals surface area contributed by atoms with Crippen LogP contribution in [0.25, 0.3) is 0 Å². The molecule has 0 saturated carbocycles. The van der Waals surface area contributed by atoms with Crippen molar-refractivity contribution in [3.05, 3.63) is 0 Å². The van der Waals surface area contributed by atoms with Crippen LogP contribution in [-0.4, -0.2) is 10.7 Å². The lowest BCUT2D eigenvalue weighted by Gasteiger charge is -2.19. The largest absolute Gasteiger partial charge is 0.389 e. The summed E-state index contributed by atoms with van der Waals surface area (Å²) in [4.78, 5) is 0. The van der Waals surface area contributed by atoms with Gasteiger partial charge in [0, 0.05) is 0 Å². The summed E-state index contributed by atoms with van der Waals surface area (Å²) in [7, 11) is 0. The molecule has 2 nitrogen and oxygen atoms in total. The van der Waals surface area contributed by atoms with E-state index in [4.69, 9.17) is 5.26 Å². The maximum absolute atomic E-state index is 9.60. The SMILES string of the molecule is CC(C)CCCC(C)(O)CC#N. The van der Waals surface area contributed by atoms with E-state index in [1.54, 1.807) is 6.92 Å². The van der Waals surface area contributed by atoms with Gasteiger partial charge in [-0.05, 0) is 19.3 Å². The quantitative estimate of drug-likeness (QED) is 0.687. The maximum Gasteiger partial charge on any atom is 0.0749 e. The summed E-state index contributed by atoms with van der Waals surface area (Å²) in [5.41, 5.74) is -0.774. The Kier molecular flexibility index (Phi) is 4.92. The molecule has 1 atom stereocenters. The van der Waals surface area contributed by atoms with Crippen molar-refractivity contribution in [2.45, 2.75) is 52.1 Å². The standard InChI is InChI=1S/C10H19NO/c1-9(2)5-4-6-10(3,12)7-8-11/h9,12H,4-7H2,1-3H3. The minimum Gasteiger partial charge on any atom is -0.389 e. The van der Waals surface area contributed by atoms with Gasteiger partial charge in [0.1, 0.15) is 0 Å². The van der Waals surface area contributed by atoms with Crippen molar-refractivity contribution in [1.29, 1.82) is 5.26 Å². The predicted octanol–water partition coefficient (Wildman–Crippen LogP) is 2.48. The minimum absolute atomic E-state index is 0.241. The summed E-state index contributed by atoms with van der Waals surface area (Å²) in [6, 6.07) is 2.00. The molecule has 0 radical (unpaired) electrons. The van der Waals surface area contributed by atoms with Gasteiger partial charge in [-0.2, -0.15) is 5.26 Å². The Morgan fingerprint density at radius 2 is 2.08 bits per heavy atom. The number of rotatable bonds is 5. The van der Waals surface area contributed by atoms with Gasteiger partial charge in [0.25, 0.3) is 0 Å². The van der Waals surface area contributed by atoms with Gasteiger partial charge in [0.2, 0.25) is 0 Å². The average molecular weight is 169 g/mol. The van der Waals surface area contributed by atoms with E-state index < -0.39 is 5.60 Å². The smallest absolute Gasteiger partial charge is 0.0749 e. The lowest BCUT2D eigenvalue weighted by atomic mass is 9.94. The van der Waals surface area contributed by atoms with E-state index in [9.17, 15) is 5.11 Å². The molecule has 0 aromatic rings. The molecule has 0 spiro atoms. The molecule has 0 aromatic carbocycles. The highest BCUT2D eigenvalue weighted by molar-refractivity contribution is 4.84. The first-order chi connectivity index (χ1) is 5.48. The van der Waals surface area contributed by atoms with Gasteiger partial charge in [-0.3, -0.25) is 0 Å². The lowest BCUT2D eigenvalue weighted by molar-refractivity contribution is 0.0522. The lowest BCUT2D eigenvalue weighted by Crippen LogP contribution is -2.23. The molecule has 0 saturated heterocycles. The third kappa shape index (κ3) is 6.18. The van der Waals surface area contributed by atoms with E-state index >= 15 is 0 Å². The van der Waals surface area contributed by atoms with E-state index in [0.717, 1.165) is 19.3 Å². The molecule has 0 aliphatic heterocycles. The number of nitriles is 1.